The molecule has 1 aliphatic carbocycles. The van der Waals surface area contributed by atoms with E-state index in [0.717, 1.165) is 47.5 Å². The maximum atomic E-state index is 13.0. The maximum absolute atomic E-state index is 13.0. The fraction of sp³-hybridized carbons (Fsp3) is 0.444. The zero-order valence-corrected chi connectivity index (χ0v) is 21.0. The number of allylic oxidation sites excluding steroid dienone is 2. The van der Waals surface area contributed by atoms with Crippen molar-refractivity contribution in [2.24, 2.45) is 5.92 Å². The van der Waals surface area contributed by atoms with E-state index in [0.29, 0.717) is 18.6 Å². The van der Waals surface area contributed by atoms with Gasteiger partial charge in [-0.3, -0.25) is 4.79 Å². The van der Waals surface area contributed by atoms with E-state index < -0.39 is 0 Å². The van der Waals surface area contributed by atoms with Gasteiger partial charge in [0.1, 0.15) is 10.8 Å². The number of rotatable bonds is 9. The molecule has 34 heavy (non-hydrogen) atoms. The summed E-state index contributed by atoms with van der Waals surface area (Å²) in [5.74, 6) is 0.0528. The molecule has 1 aliphatic rings. The smallest absolute Gasteiger partial charge is 0.333 e. The predicted molar refractivity (Wildman–Crippen MR) is 135 cm³/mol. The minimum absolute atomic E-state index is 0.0635. The highest BCUT2D eigenvalue weighted by molar-refractivity contribution is 7.09. The number of aromatic nitrogens is 1. The van der Waals surface area contributed by atoms with E-state index in [4.69, 9.17) is 9.72 Å². The van der Waals surface area contributed by atoms with Gasteiger partial charge in [-0.2, -0.15) is 0 Å². The van der Waals surface area contributed by atoms with Crippen LogP contribution in [0, 0.1) is 5.92 Å². The van der Waals surface area contributed by atoms with Crippen molar-refractivity contribution in [1.82, 2.24) is 10.3 Å². The molecule has 182 valence electrons. The summed E-state index contributed by atoms with van der Waals surface area (Å²) in [5, 5.41) is 15.7. The van der Waals surface area contributed by atoms with Crippen LogP contribution in [0.3, 0.4) is 0 Å². The van der Waals surface area contributed by atoms with Gasteiger partial charge in [-0.05, 0) is 75.5 Å². The van der Waals surface area contributed by atoms with E-state index in [1.54, 1.807) is 32.1 Å². The largest absolute Gasteiger partial charge is 0.508 e. The lowest BCUT2D eigenvalue weighted by atomic mass is 9.88. The first kappa shape index (κ1) is 25.7. The van der Waals surface area contributed by atoms with Gasteiger partial charge in [0, 0.05) is 16.9 Å². The number of esters is 1. The van der Waals surface area contributed by atoms with Gasteiger partial charge in [0.05, 0.1) is 18.3 Å². The Hall–Kier alpha value is -2.93. The summed E-state index contributed by atoms with van der Waals surface area (Å²) >= 11 is 1.51. The predicted octanol–water partition coefficient (Wildman–Crippen LogP) is 5.74. The average Bonchev–Trinajstić information content (AvgIpc) is 3.28. The van der Waals surface area contributed by atoms with Crippen molar-refractivity contribution in [1.29, 1.82) is 0 Å². The lowest BCUT2D eigenvalue weighted by Crippen LogP contribution is -2.35. The van der Waals surface area contributed by atoms with Gasteiger partial charge in [-0.25, -0.2) is 9.78 Å². The second-order valence-electron chi connectivity index (χ2n) is 8.81. The number of hydrogen-bond donors (Lipinski definition) is 2. The monoisotopic (exact) mass is 482 g/mol. The number of thiazole rings is 1. The van der Waals surface area contributed by atoms with Crippen molar-refractivity contribution in [3.63, 3.8) is 0 Å². The molecular weight excluding hydrogens is 448 g/mol. The van der Waals surface area contributed by atoms with E-state index in [2.05, 4.69) is 5.32 Å². The number of nitrogens with zero attached hydrogens (tertiary/aromatic N) is 1. The van der Waals surface area contributed by atoms with Crippen molar-refractivity contribution >= 4 is 29.3 Å². The summed E-state index contributed by atoms with van der Waals surface area (Å²) in [5.41, 5.74) is 3.23. The zero-order chi connectivity index (χ0) is 24.5. The molecule has 1 amide bonds. The summed E-state index contributed by atoms with van der Waals surface area (Å²) in [6, 6.07) is 6.82. The molecule has 0 bridgehead atoms. The molecule has 1 saturated carbocycles. The highest BCUT2D eigenvalue weighted by Gasteiger charge is 2.25. The van der Waals surface area contributed by atoms with E-state index >= 15 is 0 Å². The van der Waals surface area contributed by atoms with Gasteiger partial charge in [0.2, 0.25) is 5.91 Å². The molecule has 3 rings (SSSR count). The number of amides is 1. The average molecular weight is 483 g/mol. The highest BCUT2D eigenvalue weighted by Crippen LogP contribution is 2.28. The number of carbonyl (C=O) groups is 2. The van der Waals surface area contributed by atoms with Crippen LogP contribution < -0.4 is 5.32 Å². The molecule has 2 aromatic rings. The normalized spacial score (nSPS) is 16.2. The Balaban J connectivity index is 1.78. The number of phenolic OH excluding ortho intramolecular Hbond substituents is 1. The third kappa shape index (κ3) is 7.55. The molecule has 1 aromatic heterocycles. The third-order valence-corrected chi connectivity index (χ3v) is 6.90. The Morgan fingerprint density at radius 2 is 1.91 bits per heavy atom. The second kappa shape index (κ2) is 12.5. The van der Waals surface area contributed by atoms with E-state index in [1.807, 2.05) is 30.5 Å². The van der Waals surface area contributed by atoms with Crippen LogP contribution in [0.15, 0.2) is 46.9 Å². The number of phenols is 1. The molecule has 6 nitrogen and oxygen atoms in total. The molecule has 0 spiro atoms. The SMILES string of the molecule is CCOC(=O)/C(C)=C\C(C)=C\c1csc([C@H](Cc2ccc(O)cc2)NC(=O)C2CCCCC2)n1. The first-order valence-electron chi connectivity index (χ1n) is 11.9. The molecule has 1 aromatic carbocycles. The lowest BCUT2D eigenvalue weighted by molar-refractivity contribution is -0.138. The number of benzene rings is 1. The summed E-state index contributed by atoms with van der Waals surface area (Å²) < 4.78 is 5.04. The Morgan fingerprint density at radius 1 is 1.21 bits per heavy atom. The molecule has 2 N–H and O–H groups in total. The highest BCUT2D eigenvalue weighted by atomic mass is 32.1. The van der Waals surface area contributed by atoms with Crippen LogP contribution in [0.5, 0.6) is 5.75 Å². The first-order valence-corrected chi connectivity index (χ1v) is 12.8. The van der Waals surface area contributed by atoms with Gasteiger partial charge >= 0.3 is 5.97 Å². The molecule has 1 fully saturated rings. The van der Waals surface area contributed by atoms with Crippen molar-refractivity contribution in [2.45, 2.75) is 65.3 Å². The number of hydrogen-bond acceptors (Lipinski definition) is 6. The number of nitrogens with one attached hydrogen (secondary N) is 1. The molecule has 0 radical (unpaired) electrons. The Labute approximate surface area is 205 Å². The van der Waals surface area contributed by atoms with Crippen LogP contribution >= 0.6 is 11.3 Å². The first-order chi connectivity index (χ1) is 16.4. The minimum atomic E-state index is -0.325. The van der Waals surface area contributed by atoms with Gasteiger partial charge in [0.25, 0.3) is 0 Å². The molecule has 0 aliphatic heterocycles. The van der Waals surface area contributed by atoms with Crippen LogP contribution in [-0.2, 0) is 20.7 Å². The van der Waals surface area contributed by atoms with Gasteiger partial charge in [-0.15, -0.1) is 11.3 Å². The van der Waals surface area contributed by atoms with Crippen molar-refractivity contribution in [3.8, 4) is 5.75 Å². The van der Waals surface area contributed by atoms with Crippen molar-refractivity contribution in [3.05, 3.63) is 63.1 Å². The van der Waals surface area contributed by atoms with Gasteiger partial charge in [-0.1, -0.05) is 31.4 Å². The topological polar surface area (TPSA) is 88.5 Å². The number of carbonyl (C=O) groups excluding carboxylic acids is 2. The minimum Gasteiger partial charge on any atom is -0.508 e. The molecule has 0 saturated heterocycles. The van der Waals surface area contributed by atoms with Crippen molar-refractivity contribution < 1.29 is 19.4 Å². The van der Waals surface area contributed by atoms with Crippen LogP contribution in [0.2, 0.25) is 0 Å². The summed E-state index contributed by atoms with van der Waals surface area (Å²) in [6.07, 6.45) is 9.58. The zero-order valence-electron chi connectivity index (χ0n) is 20.2. The third-order valence-electron chi connectivity index (χ3n) is 5.92. The summed E-state index contributed by atoms with van der Waals surface area (Å²) in [4.78, 5) is 29.7. The number of aromatic hydroxyl groups is 1. The maximum Gasteiger partial charge on any atom is 0.333 e. The molecule has 7 heteroatoms. The number of ether oxygens (including phenoxy) is 1. The van der Waals surface area contributed by atoms with Crippen LogP contribution in [0.4, 0.5) is 0 Å². The Kier molecular flexibility index (Phi) is 9.45. The van der Waals surface area contributed by atoms with Gasteiger partial charge in [0.15, 0.2) is 0 Å². The van der Waals surface area contributed by atoms with Crippen LogP contribution in [0.1, 0.15) is 75.2 Å². The second-order valence-corrected chi connectivity index (χ2v) is 9.70. The summed E-state index contributed by atoms with van der Waals surface area (Å²) in [6.45, 7) is 5.78. The van der Waals surface area contributed by atoms with Crippen LogP contribution in [0.25, 0.3) is 6.08 Å². The van der Waals surface area contributed by atoms with E-state index in [-0.39, 0.29) is 29.6 Å². The lowest BCUT2D eigenvalue weighted by Gasteiger charge is -2.24. The van der Waals surface area contributed by atoms with Crippen molar-refractivity contribution in [2.75, 3.05) is 6.61 Å². The van der Waals surface area contributed by atoms with E-state index in [9.17, 15) is 14.7 Å². The Bertz CT molecular complexity index is 1030. The summed E-state index contributed by atoms with van der Waals surface area (Å²) in [7, 11) is 0. The Morgan fingerprint density at radius 3 is 2.59 bits per heavy atom. The molecule has 0 unspecified atom stereocenters. The molecule has 1 atom stereocenters. The molecular formula is C27H34N2O4S. The van der Waals surface area contributed by atoms with E-state index in [1.165, 1.54) is 17.8 Å². The van der Waals surface area contributed by atoms with Gasteiger partial charge < -0.3 is 15.2 Å². The fourth-order valence-corrected chi connectivity index (χ4v) is 5.00. The standard InChI is InChI=1S/C27H34N2O4S/c1-4-33-27(32)19(3)14-18(2)15-22-17-34-26(28-22)24(16-20-10-12-23(30)13-11-20)29-25(31)21-8-6-5-7-9-21/h10-15,17,21,24,30H,4-9,16H2,1-3H3,(H,29,31)/b18-15+,19-14-/t24-/m0/s1. The molecule has 1 heterocycles. The van der Waals surface area contributed by atoms with Crippen LogP contribution in [-0.4, -0.2) is 28.6 Å². The fourth-order valence-electron chi connectivity index (χ4n) is 4.17. The quantitative estimate of drug-likeness (QED) is 0.270.